The molecule has 1 rings (SSSR count). The maximum absolute atomic E-state index is 11.4. The SMILES string of the molecule is C=C(C)C(=O)NC(C(=O)O)C(C)(C)C.C=C(C)C(=O)NC(C(=O)O)C(C)C.C=C(C)C(=O)NC(C(=O)O)c1ccccc1.C=C(C)C(=O)NC(C)(C)C(=O)O.C=C(C)C(=O)NC(C)C(=O)O.C=C(C)C(=O)NC(CC)C(=O)O. The number of nitrogens with one attached hydrogen (secondary N) is 6. The number of amides is 6. The molecule has 5 unspecified atom stereocenters. The number of hydrogen-bond acceptors (Lipinski definition) is 12. The minimum absolute atomic E-state index is 0.138. The van der Waals surface area contributed by atoms with Crippen molar-refractivity contribution < 1.29 is 88.2 Å². The van der Waals surface area contributed by atoms with Gasteiger partial charge in [0.2, 0.25) is 35.4 Å². The Morgan fingerprint density at radius 1 is 0.462 bits per heavy atom. The molecule has 0 saturated carbocycles. The molecule has 0 bridgehead atoms. The normalized spacial score (nSPS) is 11.9. The van der Waals surface area contributed by atoms with Crippen LogP contribution in [-0.4, -0.2) is 132 Å². The van der Waals surface area contributed by atoms with E-state index in [-0.39, 0.29) is 11.5 Å². The molecular weight excluding hydrogens is 1020 g/mol. The van der Waals surface area contributed by atoms with Gasteiger partial charge >= 0.3 is 35.8 Å². The van der Waals surface area contributed by atoms with Gasteiger partial charge in [-0.05, 0) is 85.6 Å². The predicted octanol–water partition coefficient (Wildman–Crippen LogP) is 4.71. The Hall–Kier alpha value is -8.70. The lowest BCUT2D eigenvalue weighted by molar-refractivity contribution is -0.145. The zero-order valence-electron chi connectivity index (χ0n) is 47.4. The van der Waals surface area contributed by atoms with E-state index in [4.69, 9.17) is 30.6 Å². The molecule has 0 aliphatic heterocycles. The lowest BCUT2D eigenvalue weighted by Crippen LogP contribution is -2.49. The maximum atomic E-state index is 11.4. The van der Waals surface area contributed by atoms with Gasteiger partial charge in [-0.3, -0.25) is 33.6 Å². The smallest absolute Gasteiger partial charge is 0.330 e. The second kappa shape index (κ2) is 37.9. The fourth-order valence-corrected chi connectivity index (χ4v) is 4.31. The molecule has 1 aromatic carbocycles. The molecule has 0 radical (unpaired) electrons. The summed E-state index contributed by atoms with van der Waals surface area (Å²) < 4.78 is 0. The molecule has 24 nitrogen and oxygen atoms in total. The second-order valence-corrected chi connectivity index (χ2v) is 19.2. The van der Waals surface area contributed by atoms with Crippen LogP contribution in [0.5, 0.6) is 0 Å². The quantitative estimate of drug-likeness (QED) is 0.0742. The molecule has 436 valence electrons. The predicted molar refractivity (Wildman–Crippen MR) is 292 cm³/mol. The minimum atomic E-state index is -1.24. The molecule has 1 aromatic rings. The van der Waals surface area contributed by atoms with Gasteiger partial charge in [-0.15, -0.1) is 0 Å². The van der Waals surface area contributed by atoms with Crippen molar-refractivity contribution in [1.29, 1.82) is 0 Å². The van der Waals surface area contributed by atoms with Gasteiger partial charge in [0.25, 0.3) is 0 Å². The van der Waals surface area contributed by atoms with Crippen LogP contribution in [0.4, 0.5) is 0 Å². The molecule has 6 amide bonds. The Bertz CT molecular complexity index is 2380. The van der Waals surface area contributed by atoms with E-state index >= 15 is 0 Å². The van der Waals surface area contributed by atoms with Gasteiger partial charge in [-0.25, -0.2) is 24.0 Å². The molecule has 78 heavy (non-hydrogen) atoms. The van der Waals surface area contributed by atoms with Gasteiger partial charge in [0.15, 0.2) is 6.04 Å². The van der Waals surface area contributed by atoms with Gasteiger partial charge in [-0.1, -0.05) is 111 Å². The van der Waals surface area contributed by atoms with Crippen molar-refractivity contribution in [3.05, 3.63) is 109 Å². The molecule has 0 fully saturated rings. The van der Waals surface area contributed by atoms with Crippen LogP contribution in [0.15, 0.2) is 103 Å². The van der Waals surface area contributed by atoms with Gasteiger partial charge in [0.05, 0.1) is 0 Å². The van der Waals surface area contributed by atoms with E-state index in [1.165, 1.54) is 62.3 Å². The van der Waals surface area contributed by atoms with Crippen molar-refractivity contribution in [1.82, 2.24) is 31.9 Å². The molecule has 0 spiro atoms. The van der Waals surface area contributed by atoms with Crippen molar-refractivity contribution in [3.8, 4) is 0 Å². The highest BCUT2D eigenvalue weighted by molar-refractivity contribution is 5.98. The largest absolute Gasteiger partial charge is 0.480 e. The Morgan fingerprint density at radius 2 is 0.821 bits per heavy atom. The highest BCUT2D eigenvalue weighted by atomic mass is 16.4. The third-order valence-electron chi connectivity index (χ3n) is 9.28. The Kier molecular flexibility index (Phi) is 38.0. The minimum Gasteiger partial charge on any atom is -0.480 e. The molecule has 0 heterocycles. The first-order valence-electron chi connectivity index (χ1n) is 23.5. The first-order chi connectivity index (χ1) is 35.2. The summed E-state index contributed by atoms with van der Waals surface area (Å²) in [6.45, 7) is 44.3. The summed E-state index contributed by atoms with van der Waals surface area (Å²) in [6.07, 6.45) is 0.369. The summed E-state index contributed by atoms with van der Waals surface area (Å²) in [5.41, 5.74) is 0.587. The van der Waals surface area contributed by atoms with Crippen molar-refractivity contribution in [3.63, 3.8) is 0 Å². The molecular formula is C54H82N6O18. The van der Waals surface area contributed by atoms with Crippen LogP contribution < -0.4 is 31.9 Å². The van der Waals surface area contributed by atoms with E-state index in [2.05, 4.69) is 71.4 Å². The molecule has 24 heteroatoms. The van der Waals surface area contributed by atoms with Crippen molar-refractivity contribution in [2.75, 3.05) is 0 Å². The Labute approximate surface area is 456 Å². The summed E-state index contributed by atoms with van der Waals surface area (Å²) in [4.78, 5) is 130. The third kappa shape index (κ3) is 36.3. The fourth-order valence-electron chi connectivity index (χ4n) is 4.31. The molecule has 0 saturated heterocycles. The van der Waals surface area contributed by atoms with E-state index in [1.807, 2.05) is 0 Å². The van der Waals surface area contributed by atoms with Gasteiger partial charge in [-0.2, -0.15) is 0 Å². The monoisotopic (exact) mass is 1100 g/mol. The summed E-state index contributed by atoms with van der Waals surface area (Å²) in [5, 5.41) is 66.3. The molecule has 0 aliphatic rings. The first kappa shape index (κ1) is 78.2. The topological polar surface area (TPSA) is 398 Å². The van der Waals surface area contributed by atoms with E-state index in [0.717, 1.165) is 0 Å². The number of benzene rings is 1. The number of carbonyl (C=O) groups excluding carboxylic acids is 6. The number of carbonyl (C=O) groups is 12. The summed E-state index contributed by atoms with van der Waals surface area (Å²) in [7, 11) is 0. The van der Waals surface area contributed by atoms with Gasteiger partial charge < -0.3 is 62.5 Å². The number of aliphatic carboxylic acids is 6. The first-order valence-corrected chi connectivity index (χ1v) is 23.5. The lowest BCUT2D eigenvalue weighted by Gasteiger charge is -2.27. The maximum Gasteiger partial charge on any atom is 0.330 e. The highest BCUT2D eigenvalue weighted by Crippen LogP contribution is 2.19. The zero-order chi connectivity index (χ0) is 62.9. The average molecular weight is 1100 g/mol. The summed E-state index contributed by atoms with van der Waals surface area (Å²) in [6, 6.07) is 4.07. The Balaban J connectivity index is -0.000000275. The lowest BCUT2D eigenvalue weighted by atomic mass is 9.86. The fraction of sp³-hybridized carbons (Fsp3) is 0.444. The summed E-state index contributed by atoms with van der Waals surface area (Å²) >= 11 is 0. The standard InChI is InChI=1S/C12H13NO3.C10H17NO3.C9H15NO3.2C8H13NO3.C7H11NO3/c1-8(2)11(14)13-10(12(15)16)9-6-4-3-5-7-9;1-6(2)8(12)11-7(9(13)14)10(3,4)5;1-5(2)7(9(12)13)10-8(11)6(3)4;1-5(2)6(10)9-8(3,4)7(11)12;1-4-6(8(11)12)9-7(10)5(2)3;1-4(2)6(9)8-5(3)7(10)11/h3-7,10H,1H2,2H3,(H,13,14)(H,15,16);7H,1H2,2-5H3,(H,11,12)(H,13,14);5,7H,3H2,1-2,4H3,(H,10,11)(H,12,13);1H2,2-4H3,(H,9,10)(H,11,12);6H,2,4H2,1,3H3,(H,9,10)(H,11,12);5H,1H2,2-3H3,(H,8,9)(H,10,11). The molecule has 12 N–H and O–H groups in total. The number of rotatable bonds is 21. The van der Waals surface area contributed by atoms with Crippen LogP contribution in [0.1, 0.15) is 122 Å². The molecule has 0 aliphatic carbocycles. The van der Waals surface area contributed by atoms with E-state index in [0.29, 0.717) is 39.8 Å². The number of carboxylic acid groups (broad SMARTS) is 6. The number of hydrogen-bond donors (Lipinski definition) is 12. The zero-order valence-corrected chi connectivity index (χ0v) is 47.4. The second-order valence-electron chi connectivity index (χ2n) is 19.2. The average Bonchev–Trinajstić information content (AvgIpc) is 3.30. The van der Waals surface area contributed by atoms with Crippen LogP contribution >= 0.6 is 0 Å². The summed E-state index contributed by atoms with van der Waals surface area (Å²) in [5.74, 6) is -9.03. The molecule has 0 aromatic heterocycles. The van der Waals surface area contributed by atoms with Crippen LogP contribution in [0.3, 0.4) is 0 Å². The third-order valence-corrected chi connectivity index (χ3v) is 9.28. The van der Waals surface area contributed by atoms with Crippen molar-refractivity contribution >= 4 is 71.3 Å². The van der Waals surface area contributed by atoms with Gasteiger partial charge in [0.1, 0.15) is 29.7 Å². The van der Waals surface area contributed by atoms with E-state index < -0.39 is 112 Å². The van der Waals surface area contributed by atoms with Crippen LogP contribution in [0.25, 0.3) is 0 Å². The van der Waals surface area contributed by atoms with Crippen molar-refractivity contribution in [2.24, 2.45) is 11.3 Å². The van der Waals surface area contributed by atoms with Crippen LogP contribution in [0.2, 0.25) is 0 Å². The van der Waals surface area contributed by atoms with Gasteiger partial charge in [0, 0.05) is 33.4 Å². The van der Waals surface area contributed by atoms with Crippen molar-refractivity contribution in [2.45, 2.75) is 146 Å². The Morgan fingerprint density at radius 3 is 1.10 bits per heavy atom. The van der Waals surface area contributed by atoms with E-state index in [1.54, 1.807) is 71.9 Å². The van der Waals surface area contributed by atoms with Crippen LogP contribution in [0, 0.1) is 11.3 Å². The van der Waals surface area contributed by atoms with E-state index in [9.17, 15) is 57.5 Å². The van der Waals surface area contributed by atoms with Crippen LogP contribution in [-0.2, 0) is 57.5 Å². The highest BCUT2D eigenvalue weighted by Gasteiger charge is 2.33. The molecule has 5 atom stereocenters. The number of carboxylic acids is 6.